The largest absolute Gasteiger partial charge is 0.323 e. The van der Waals surface area contributed by atoms with Crippen molar-refractivity contribution in [3.63, 3.8) is 0 Å². The molecule has 18 heavy (non-hydrogen) atoms. The molecule has 0 unspecified atom stereocenters. The third-order valence-corrected chi connectivity index (χ3v) is 5.10. The Morgan fingerprint density at radius 2 is 2.00 bits per heavy atom. The van der Waals surface area contributed by atoms with Crippen molar-refractivity contribution in [2.24, 2.45) is 5.92 Å². The minimum absolute atomic E-state index is 0.119. The van der Waals surface area contributed by atoms with Gasteiger partial charge in [-0.05, 0) is 30.9 Å². The highest BCUT2D eigenvalue weighted by atomic mass is 32.2. The van der Waals surface area contributed by atoms with Crippen LogP contribution in [0.2, 0.25) is 0 Å². The van der Waals surface area contributed by atoms with E-state index < -0.39 is 10.0 Å². The van der Waals surface area contributed by atoms with E-state index in [0.29, 0.717) is 11.4 Å². The molecule has 96 valence electrons. The van der Waals surface area contributed by atoms with E-state index in [9.17, 15) is 13.2 Å². The van der Waals surface area contributed by atoms with E-state index in [1.807, 2.05) is 0 Å². The van der Waals surface area contributed by atoms with Gasteiger partial charge in [-0.25, -0.2) is 8.42 Å². The van der Waals surface area contributed by atoms with Crippen LogP contribution in [0.5, 0.6) is 0 Å². The minimum Gasteiger partial charge on any atom is -0.323 e. The first kappa shape index (κ1) is 11.5. The summed E-state index contributed by atoms with van der Waals surface area (Å²) in [5.41, 5.74) is 1.13. The normalized spacial score (nSPS) is 19.3. The van der Waals surface area contributed by atoms with Gasteiger partial charge in [-0.3, -0.25) is 9.10 Å². The molecule has 0 saturated heterocycles. The number of nitrogens with zero attached hydrogens (tertiary/aromatic N) is 1. The van der Waals surface area contributed by atoms with Crippen molar-refractivity contribution in [3.05, 3.63) is 24.3 Å². The lowest BCUT2D eigenvalue weighted by atomic mass is 10.2. The Labute approximate surface area is 106 Å². The maximum Gasteiger partial charge on any atom is 0.245 e. The number of nitrogens with one attached hydrogen (secondary N) is 1. The van der Waals surface area contributed by atoms with Crippen LogP contribution in [0.3, 0.4) is 0 Å². The second-order valence-corrected chi connectivity index (χ2v) is 6.73. The standard InChI is InChI=1S/C12H14N2O3S/c15-12-7-14(18(16,17)8-9-5-6-9)11-4-2-1-3-10(11)13-12/h1-4,9H,5-8H2,(H,13,15). The van der Waals surface area contributed by atoms with Gasteiger partial charge in [0.2, 0.25) is 15.9 Å². The van der Waals surface area contributed by atoms with Gasteiger partial charge in [0.05, 0.1) is 17.1 Å². The SMILES string of the molecule is O=C1CN(S(=O)(=O)CC2CC2)c2ccccc2N1. The number of para-hydroxylation sites is 2. The molecule has 1 aliphatic heterocycles. The number of carbonyl (C=O) groups excluding carboxylic acids is 1. The van der Waals surface area contributed by atoms with Crippen LogP contribution in [0.1, 0.15) is 12.8 Å². The summed E-state index contributed by atoms with van der Waals surface area (Å²) in [6, 6.07) is 6.98. The third kappa shape index (κ3) is 2.08. The Bertz CT molecular complexity index is 593. The molecule has 1 aromatic rings. The van der Waals surface area contributed by atoms with Gasteiger partial charge in [0.1, 0.15) is 6.54 Å². The predicted molar refractivity (Wildman–Crippen MR) is 68.9 cm³/mol. The molecule has 1 saturated carbocycles. The number of anilines is 2. The van der Waals surface area contributed by atoms with Crippen LogP contribution in [0.15, 0.2) is 24.3 Å². The van der Waals surface area contributed by atoms with Crippen LogP contribution >= 0.6 is 0 Å². The lowest BCUT2D eigenvalue weighted by Crippen LogP contribution is -2.43. The van der Waals surface area contributed by atoms with Crippen LogP contribution < -0.4 is 9.62 Å². The molecule has 1 N–H and O–H groups in total. The van der Waals surface area contributed by atoms with E-state index in [4.69, 9.17) is 0 Å². The molecule has 1 heterocycles. The number of amides is 1. The second-order valence-electron chi connectivity index (χ2n) is 4.79. The van der Waals surface area contributed by atoms with E-state index in [-0.39, 0.29) is 24.1 Å². The van der Waals surface area contributed by atoms with Crippen molar-refractivity contribution in [3.8, 4) is 0 Å². The zero-order valence-corrected chi connectivity index (χ0v) is 10.6. The first-order chi connectivity index (χ1) is 8.56. The number of benzene rings is 1. The first-order valence-corrected chi connectivity index (χ1v) is 7.56. The van der Waals surface area contributed by atoms with Crippen molar-refractivity contribution in [1.29, 1.82) is 0 Å². The summed E-state index contributed by atoms with van der Waals surface area (Å²) in [4.78, 5) is 11.6. The average molecular weight is 266 g/mol. The molecule has 0 aromatic heterocycles. The van der Waals surface area contributed by atoms with Gasteiger partial charge >= 0.3 is 0 Å². The Morgan fingerprint density at radius 1 is 1.28 bits per heavy atom. The monoisotopic (exact) mass is 266 g/mol. The van der Waals surface area contributed by atoms with Gasteiger partial charge in [0.25, 0.3) is 0 Å². The summed E-state index contributed by atoms with van der Waals surface area (Å²) in [5.74, 6) is 0.134. The van der Waals surface area contributed by atoms with Crippen LogP contribution in [-0.4, -0.2) is 26.6 Å². The highest BCUT2D eigenvalue weighted by Crippen LogP contribution is 2.35. The summed E-state index contributed by atoms with van der Waals surface area (Å²) in [7, 11) is -3.39. The van der Waals surface area contributed by atoms with Gasteiger partial charge in [-0.2, -0.15) is 0 Å². The average Bonchev–Trinajstić information content (AvgIpc) is 3.11. The Balaban J connectivity index is 1.98. The molecule has 1 aliphatic carbocycles. The zero-order chi connectivity index (χ0) is 12.8. The summed E-state index contributed by atoms with van der Waals surface area (Å²) in [6.45, 7) is -0.119. The Morgan fingerprint density at radius 3 is 2.72 bits per heavy atom. The van der Waals surface area contributed by atoms with E-state index in [1.165, 1.54) is 4.31 Å². The summed E-state index contributed by atoms with van der Waals surface area (Å²) < 4.78 is 25.8. The van der Waals surface area contributed by atoms with Gasteiger partial charge in [0.15, 0.2) is 0 Å². The number of carbonyl (C=O) groups is 1. The van der Waals surface area contributed by atoms with Crippen LogP contribution in [0, 0.1) is 5.92 Å². The van der Waals surface area contributed by atoms with Crippen LogP contribution in [0.25, 0.3) is 0 Å². The summed E-state index contributed by atoms with van der Waals surface area (Å²) in [5, 5.41) is 2.69. The fourth-order valence-electron chi connectivity index (χ4n) is 2.12. The molecule has 5 nitrogen and oxygen atoms in total. The van der Waals surface area contributed by atoms with Gasteiger partial charge in [0, 0.05) is 0 Å². The molecule has 2 aliphatic rings. The van der Waals surface area contributed by atoms with Crippen molar-refractivity contribution in [1.82, 2.24) is 0 Å². The van der Waals surface area contributed by atoms with Crippen LogP contribution in [0.4, 0.5) is 11.4 Å². The topological polar surface area (TPSA) is 66.5 Å². The lowest BCUT2D eigenvalue weighted by molar-refractivity contribution is -0.115. The molecule has 0 spiro atoms. The molecule has 6 heteroatoms. The number of rotatable bonds is 3. The van der Waals surface area contributed by atoms with Crippen LogP contribution in [-0.2, 0) is 14.8 Å². The first-order valence-electron chi connectivity index (χ1n) is 5.95. The molecule has 0 radical (unpaired) electrons. The van der Waals surface area contributed by atoms with E-state index >= 15 is 0 Å². The van der Waals surface area contributed by atoms with Crippen molar-refractivity contribution in [2.45, 2.75) is 12.8 Å². The second kappa shape index (κ2) is 3.98. The highest BCUT2D eigenvalue weighted by Gasteiger charge is 2.35. The summed E-state index contributed by atoms with van der Waals surface area (Å²) in [6.07, 6.45) is 1.95. The molecular weight excluding hydrogens is 252 g/mol. The van der Waals surface area contributed by atoms with Crippen molar-refractivity contribution in [2.75, 3.05) is 21.9 Å². The molecule has 0 atom stereocenters. The molecule has 3 rings (SSSR count). The third-order valence-electron chi connectivity index (χ3n) is 3.21. The molecule has 0 bridgehead atoms. The Kier molecular flexibility index (Phi) is 2.55. The van der Waals surface area contributed by atoms with Gasteiger partial charge in [-0.1, -0.05) is 12.1 Å². The zero-order valence-electron chi connectivity index (χ0n) is 9.80. The smallest absolute Gasteiger partial charge is 0.245 e. The van der Waals surface area contributed by atoms with Gasteiger partial charge in [-0.15, -0.1) is 0 Å². The fraction of sp³-hybridized carbons (Fsp3) is 0.417. The number of sulfonamides is 1. The van der Waals surface area contributed by atoms with Crippen molar-refractivity contribution < 1.29 is 13.2 Å². The van der Waals surface area contributed by atoms with E-state index in [2.05, 4.69) is 5.32 Å². The number of fused-ring (bicyclic) bond motifs is 1. The quantitative estimate of drug-likeness (QED) is 0.893. The predicted octanol–water partition coefficient (Wildman–Crippen LogP) is 1.18. The Hall–Kier alpha value is -1.56. The van der Waals surface area contributed by atoms with Gasteiger partial charge < -0.3 is 5.32 Å². The fourth-order valence-corrected chi connectivity index (χ4v) is 4.00. The molecule has 1 amide bonds. The highest BCUT2D eigenvalue weighted by molar-refractivity contribution is 7.92. The van der Waals surface area contributed by atoms with E-state index in [0.717, 1.165) is 12.8 Å². The maximum atomic E-state index is 12.3. The minimum atomic E-state index is -3.39. The summed E-state index contributed by atoms with van der Waals surface area (Å²) >= 11 is 0. The van der Waals surface area contributed by atoms with Crippen molar-refractivity contribution >= 4 is 27.3 Å². The number of hydrogen-bond acceptors (Lipinski definition) is 3. The van der Waals surface area contributed by atoms with E-state index in [1.54, 1.807) is 24.3 Å². The lowest BCUT2D eigenvalue weighted by Gasteiger charge is -2.30. The maximum absolute atomic E-state index is 12.3. The number of hydrogen-bond donors (Lipinski definition) is 1. The molecule has 1 aromatic carbocycles. The molecule has 1 fully saturated rings. The molecular formula is C12H14N2O3S.